The molecule has 4 rings (SSSR count). The Hall–Kier alpha value is -2.55. The third kappa shape index (κ3) is 2.23. The third-order valence-corrected chi connectivity index (χ3v) is 4.70. The van der Waals surface area contributed by atoms with Gasteiger partial charge in [0.25, 0.3) is 0 Å². The maximum atomic E-state index is 5.93. The number of aromatic nitrogens is 2. The van der Waals surface area contributed by atoms with Crippen molar-refractivity contribution in [3.8, 4) is 5.75 Å². The average Bonchev–Trinajstić information content (AvgIpc) is 2.86. The van der Waals surface area contributed by atoms with Crippen LogP contribution in [0.4, 0.5) is 0 Å². The molecule has 0 spiro atoms. The lowest BCUT2D eigenvalue weighted by Crippen LogP contribution is -2.04. The maximum absolute atomic E-state index is 5.93. The summed E-state index contributed by atoms with van der Waals surface area (Å²) in [5, 5.41) is 4.95. The Kier molecular flexibility index (Phi) is 3.45. The molecule has 0 aliphatic rings. The molecule has 122 valence electrons. The monoisotopic (exact) mass is 318 g/mol. The molecule has 24 heavy (non-hydrogen) atoms. The van der Waals surface area contributed by atoms with Crippen molar-refractivity contribution in [2.24, 2.45) is 13.0 Å². The highest BCUT2D eigenvalue weighted by molar-refractivity contribution is 6.14. The first-order chi connectivity index (χ1) is 11.6. The summed E-state index contributed by atoms with van der Waals surface area (Å²) in [7, 11) is 2.14. The number of benzene rings is 2. The van der Waals surface area contributed by atoms with Crippen LogP contribution in [0, 0.1) is 12.8 Å². The standard InChI is InChI=1S/C21H22N2O/c1-13(2)12-24-16-5-6-20-18(10-16)19-9-15-11-22-8-7-17(15)14(3)21(19)23(20)4/h5-11,13H,12H2,1-4H3. The van der Waals surface area contributed by atoms with Gasteiger partial charge in [-0.2, -0.15) is 0 Å². The van der Waals surface area contributed by atoms with Crippen molar-refractivity contribution in [1.82, 2.24) is 9.55 Å². The van der Waals surface area contributed by atoms with E-state index in [4.69, 9.17) is 4.74 Å². The molecule has 0 N–H and O–H groups in total. The third-order valence-electron chi connectivity index (χ3n) is 4.70. The number of rotatable bonds is 3. The molecule has 0 saturated heterocycles. The molecule has 0 atom stereocenters. The Morgan fingerprint density at radius 1 is 1.08 bits per heavy atom. The quantitative estimate of drug-likeness (QED) is 0.517. The number of nitrogens with zero attached hydrogens (tertiary/aromatic N) is 2. The highest BCUT2D eigenvalue weighted by atomic mass is 16.5. The molecule has 0 aliphatic carbocycles. The lowest BCUT2D eigenvalue weighted by Gasteiger charge is -2.08. The average molecular weight is 318 g/mol. The van der Waals surface area contributed by atoms with Gasteiger partial charge in [0.15, 0.2) is 0 Å². The van der Waals surface area contributed by atoms with Crippen molar-refractivity contribution in [1.29, 1.82) is 0 Å². The molecule has 0 bridgehead atoms. The van der Waals surface area contributed by atoms with Gasteiger partial charge in [-0.1, -0.05) is 13.8 Å². The van der Waals surface area contributed by atoms with Crippen molar-refractivity contribution in [2.45, 2.75) is 20.8 Å². The van der Waals surface area contributed by atoms with E-state index in [1.807, 2.05) is 12.4 Å². The zero-order valence-electron chi connectivity index (χ0n) is 14.6. The SMILES string of the molecule is Cc1c2ccncc2cc2c3cc(OCC(C)C)ccc3n(C)c12. The predicted molar refractivity (Wildman–Crippen MR) is 101 cm³/mol. The number of pyridine rings is 1. The fourth-order valence-electron chi connectivity index (χ4n) is 3.55. The first kappa shape index (κ1) is 15.0. The van der Waals surface area contributed by atoms with E-state index in [1.165, 1.54) is 38.1 Å². The van der Waals surface area contributed by atoms with E-state index in [0.717, 1.165) is 12.4 Å². The molecule has 0 aliphatic heterocycles. The van der Waals surface area contributed by atoms with Gasteiger partial charge in [-0.15, -0.1) is 0 Å². The minimum Gasteiger partial charge on any atom is -0.493 e. The van der Waals surface area contributed by atoms with Crippen molar-refractivity contribution in [3.05, 3.63) is 48.3 Å². The lowest BCUT2D eigenvalue weighted by molar-refractivity contribution is 0.271. The summed E-state index contributed by atoms with van der Waals surface area (Å²) in [5.41, 5.74) is 3.81. The number of ether oxygens (including phenoxy) is 1. The van der Waals surface area contributed by atoms with Crippen LogP contribution < -0.4 is 4.74 Å². The summed E-state index contributed by atoms with van der Waals surface area (Å²) < 4.78 is 8.21. The Morgan fingerprint density at radius 2 is 1.92 bits per heavy atom. The minimum absolute atomic E-state index is 0.519. The number of hydrogen-bond acceptors (Lipinski definition) is 2. The van der Waals surface area contributed by atoms with Crippen LogP contribution in [0.5, 0.6) is 5.75 Å². The van der Waals surface area contributed by atoms with Gasteiger partial charge in [0.05, 0.1) is 12.1 Å². The molecule has 3 heteroatoms. The van der Waals surface area contributed by atoms with Crippen LogP contribution in [-0.2, 0) is 7.05 Å². The molecule has 0 unspecified atom stereocenters. The molecule has 2 aromatic heterocycles. The van der Waals surface area contributed by atoms with Crippen LogP contribution >= 0.6 is 0 Å². The summed E-state index contributed by atoms with van der Waals surface area (Å²) in [4.78, 5) is 4.28. The Morgan fingerprint density at radius 3 is 2.71 bits per heavy atom. The zero-order valence-corrected chi connectivity index (χ0v) is 14.6. The summed E-state index contributed by atoms with van der Waals surface area (Å²) in [6.07, 6.45) is 3.81. The molecular formula is C21H22N2O. The largest absolute Gasteiger partial charge is 0.493 e. The number of fused-ring (bicyclic) bond motifs is 4. The maximum Gasteiger partial charge on any atom is 0.120 e. The van der Waals surface area contributed by atoms with Crippen LogP contribution in [0.15, 0.2) is 42.7 Å². The van der Waals surface area contributed by atoms with Crippen molar-refractivity contribution in [2.75, 3.05) is 6.61 Å². The van der Waals surface area contributed by atoms with Crippen LogP contribution in [0.2, 0.25) is 0 Å². The first-order valence-corrected chi connectivity index (χ1v) is 8.44. The molecule has 3 nitrogen and oxygen atoms in total. The van der Waals surface area contributed by atoms with Gasteiger partial charge in [-0.3, -0.25) is 4.98 Å². The fraction of sp³-hybridized carbons (Fsp3) is 0.286. The molecule has 0 amide bonds. The van der Waals surface area contributed by atoms with Crippen LogP contribution in [0.1, 0.15) is 19.4 Å². The van der Waals surface area contributed by atoms with E-state index in [1.54, 1.807) is 0 Å². The second kappa shape index (κ2) is 5.52. The fourth-order valence-corrected chi connectivity index (χ4v) is 3.55. The Balaban J connectivity index is 2.01. The van der Waals surface area contributed by atoms with E-state index in [9.17, 15) is 0 Å². The summed E-state index contributed by atoms with van der Waals surface area (Å²) in [6, 6.07) is 10.7. The summed E-state index contributed by atoms with van der Waals surface area (Å²) in [6.45, 7) is 7.26. The zero-order chi connectivity index (χ0) is 16.8. The topological polar surface area (TPSA) is 27.1 Å². The van der Waals surface area contributed by atoms with E-state index in [2.05, 4.69) is 67.7 Å². The molecule has 0 fully saturated rings. The molecule has 0 saturated carbocycles. The van der Waals surface area contributed by atoms with Gasteiger partial charge in [0, 0.05) is 41.1 Å². The highest BCUT2D eigenvalue weighted by Gasteiger charge is 2.14. The second-order valence-corrected chi connectivity index (χ2v) is 6.94. The molecule has 0 radical (unpaired) electrons. The lowest BCUT2D eigenvalue weighted by atomic mass is 10.0. The number of hydrogen-bond donors (Lipinski definition) is 0. The van der Waals surface area contributed by atoms with E-state index >= 15 is 0 Å². The predicted octanol–water partition coefficient (Wildman–Crippen LogP) is 5.22. The Labute approximate surface area is 141 Å². The summed E-state index contributed by atoms with van der Waals surface area (Å²) in [5.74, 6) is 1.46. The van der Waals surface area contributed by atoms with Crippen molar-refractivity contribution >= 4 is 32.6 Å². The molecule has 2 aromatic carbocycles. The molecular weight excluding hydrogens is 296 g/mol. The van der Waals surface area contributed by atoms with Crippen molar-refractivity contribution < 1.29 is 4.74 Å². The molecule has 2 heterocycles. The first-order valence-electron chi connectivity index (χ1n) is 8.44. The minimum atomic E-state index is 0.519. The van der Waals surface area contributed by atoms with Gasteiger partial charge < -0.3 is 9.30 Å². The Bertz CT molecular complexity index is 1060. The van der Waals surface area contributed by atoms with Crippen LogP contribution in [0.25, 0.3) is 32.6 Å². The van der Waals surface area contributed by atoms with Gasteiger partial charge in [-0.05, 0) is 54.1 Å². The van der Waals surface area contributed by atoms with Gasteiger partial charge in [-0.25, -0.2) is 0 Å². The van der Waals surface area contributed by atoms with Gasteiger partial charge in [0.1, 0.15) is 5.75 Å². The van der Waals surface area contributed by atoms with E-state index < -0.39 is 0 Å². The van der Waals surface area contributed by atoms with E-state index in [0.29, 0.717) is 5.92 Å². The van der Waals surface area contributed by atoms with Crippen molar-refractivity contribution in [3.63, 3.8) is 0 Å². The van der Waals surface area contributed by atoms with Crippen LogP contribution in [0.3, 0.4) is 0 Å². The second-order valence-electron chi connectivity index (χ2n) is 6.94. The molecule has 4 aromatic rings. The number of aryl methyl sites for hydroxylation is 2. The van der Waals surface area contributed by atoms with Crippen LogP contribution in [-0.4, -0.2) is 16.2 Å². The summed E-state index contributed by atoms with van der Waals surface area (Å²) >= 11 is 0. The van der Waals surface area contributed by atoms with Gasteiger partial charge >= 0.3 is 0 Å². The smallest absolute Gasteiger partial charge is 0.120 e. The van der Waals surface area contributed by atoms with Gasteiger partial charge in [0.2, 0.25) is 0 Å². The normalized spacial score (nSPS) is 11.9. The highest BCUT2D eigenvalue weighted by Crippen LogP contribution is 2.36. The van der Waals surface area contributed by atoms with E-state index in [-0.39, 0.29) is 0 Å².